The van der Waals surface area contributed by atoms with E-state index in [2.05, 4.69) is 10.0 Å². The van der Waals surface area contributed by atoms with Crippen LogP contribution in [0, 0.1) is 0 Å². The van der Waals surface area contributed by atoms with Crippen molar-refractivity contribution in [3.8, 4) is 5.75 Å². The van der Waals surface area contributed by atoms with Gasteiger partial charge in [-0.15, -0.1) is 0 Å². The van der Waals surface area contributed by atoms with Crippen LogP contribution in [0.2, 0.25) is 0 Å². The van der Waals surface area contributed by atoms with Gasteiger partial charge in [-0.3, -0.25) is 9.59 Å². The molecule has 0 radical (unpaired) electrons. The average molecular weight is 458 g/mol. The number of carbonyl (C=O) groups excluding carboxylic acids is 3. The zero-order valence-corrected chi connectivity index (χ0v) is 19.8. The summed E-state index contributed by atoms with van der Waals surface area (Å²) in [4.78, 5) is 37.3. The fourth-order valence-electron chi connectivity index (χ4n) is 2.47. The Kier molecular flexibility index (Phi) is 9.00. The summed E-state index contributed by atoms with van der Waals surface area (Å²) in [6, 6.07) is 3.42. The van der Waals surface area contributed by atoms with Crippen molar-refractivity contribution in [2.45, 2.75) is 51.1 Å². The molecule has 0 aliphatic carbocycles. The molecule has 1 aromatic rings. The highest BCUT2D eigenvalue weighted by Crippen LogP contribution is 2.25. The van der Waals surface area contributed by atoms with Crippen LogP contribution in [0.1, 0.15) is 45.0 Å². The first-order chi connectivity index (χ1) is 14.2. The molecular formula is C20H31N3O7S. The van der Waals surface area contributed by atoms with E-state index in [1.54, 1.807) is 13.8 Å². The molecule has 10 nitrogen and oxygen atoms in total. The van der Waals surface area contributed by atoms with E-state index in [1.165, 1.54) is 26.3 Å². The van der Waals surface area contributed by atoms with Gasteiger partial charge in [0.25, 0.3) is 5.91 Å². The molecule has 174 valence electrons. The van der Waals surface area contributed by atoms with Crippen molar-refractivity contribution in [3.63, 3.8) is 0 Å². The molecule has 0 saturated carbocycles. The van der Waals surface area contributed by atoms with E-state index in [0.29, 0.717) is 0 Å². The number of carbonyl (C=O) groups is 3. The van der Waals surface area contributed by atoms with E-state index in [9.17, 15) is 22.8 Å². The van der Waals surface area contributed by atoms with Gasteiger partial charge in [-0.05, 0) is 52.8 Å². The molecule has 0 aromatic heterocycles. The first kappa shape index (κ1) is 26.4. The molecule has 0 aliphatic heterocycles. The van der Waals surface area contributed by atoms with Gasteiger partial charge < -0.3 is 19.7 Å². The zero-order valence-electron chi connectivity index (χ0n) is 18.9. The van der Waals surface area contributed by atoms with Crippen molar-refractivity contribution in [3.05, 3.63) is 23.8 Å². The second-order valence-corrected chi connectivity index (χ2v) is 9.95. The fraction of sp³-hybridized carbons (Fsp3) is 0.550. The minimum atomic E-state index is -3.93. The zero-order chi connectivity index (χ0) is 24.0. The van der Waals surface area contributed by atoms with Crippen LogP contribution in [-0.2, 0) is 24.3 Å². The molecular weight excluding hydrogens is 426 g/mol. The number of rotatable bonds is 9. The molecule has 2 N–H and O–H groups in total. The number of likely N-dealkylation sites (N-methyl/N-ethyl adjacent to an activating group) is 1. The number of hydrogen-bond acceptors (Lipinski definition) is 7. The van der Waals surface area contributed by atoms with Gasteiger partial charge in [0.2, 0.25) is 15.9 Å². The van der Waals surface area contributed by atoms with Crippen molar-refractivity contribution in [1.29, 1.82) is 0 Å². The second kappa shape index (κ2) is 10.6. The standard InChI is InChI=1S/C20H31N3O7S/c1-13(2)22-31(27,28)16-10-14(8-9-15(16)29-7)19(26)30-12-18(25)23(6)11-17(24)21-20(3,4)5/h8-10,13,22H,11-12H2,1-7H3,(H,21,24). The SMILES string of the molecule is COc1ccc(C(=O)OCC(=O)N(C)CC(=O)NC(C)(C)C)cc1S(=O)(=O)NC(C)C. The summed E-state index contributed by atoms with van der Waals surface area (Å²) in [5.41, 5.74) is -0.504. The van der Waals surface area contributed by atoms with Crippen LogP contribution >= 0.6 is 0 Å². The van der Waals surface area contributed by atoms with Crippen molar-refractivity contribution in [2.75, 3.05) is 27.3 Å². The van der Waals surface area contributed by atoms with Crippen molar-refractivity contribution in [2.24, 2.45) is 0 Å². The smallest absolute Gasteiger partial charge is 0.338 e. The predicted octanol–water partition coefficient (Wildman–Crippen LogP) is 0.912. The molecule has 2 amide bonds. The lowest BCUT2D eigenvalue weighted by Crippen LogP contribution is -2.46. The first-order valence-corrected chi connectivity index (χ1v) is 11.1. The number of nitrogens with zero attached hydrogens (tertiary/aromatic N) is 1. The van der Waals surface area contributed by atoms with Crippen LogP contribution in [-0.4, -0.2) is 70.0 Å². The normalized spacial score (nSPS) is 11.7. The molecule has 0 bridgehead atoms. The number of esters is 1. The molecule has 1 aromatic carbocycles. The number of amides is 2. The summed E-state index contributed by atoms with van der Waals surface area (Å²) in [5, 5.41) is 2.72. The molecule has 0 heterocycles. The Bertz CT molecular complexity index is 921. The number of ether oxygens (including phenoxy) is 2. The molecule has 0 unspecified atom stereocenters. The summed E-state index contributed by atoms with van der Waals surface area (Å²) in [7, 11) is -1.21. The molecule has 0 fully saturated rings. The van der Waals surface area contributed by atoms with E-state index in [4.69, 9.17) is 9.47 Å². The second-order valence-electron chi connectivity index (χ2n) is 8.27. The van der Waals surface area contributed by atoms with Crippen LogP contribution in [0.5, 0.6) is 5.75 Å². The van der Waals surface area contributed by atoms with Crippen molar-refractivity contribution >= 4 is 27.8 Å². The Morgan fingerprint density at radius 1 is 1.16 bits per heavy atom. The van der Waals surface area contributed by atoms with Gasteiger partial charge in [-0.2, -0.15) is 0 Å². The van der Waals surface area contributed by atoms with Gasteiger partial charge in [0.05, 0.1) is 19.2 Å². The molecule has 31 heavy (non-hydrogen) atoms. The number of hydrogen-bond donors (Lipinski definition) is 2. The maximum Gasteiger partial charge on any atom is 0.338 e. The number of nitrogens with one attached hydrogen (secondary N) is 2. The highest BCUT2D eigenvalue weighted by molar-refractivity contribution is 7.89. The van der Waals surface area contributed by atoms with Gasteiger partial charge in [-0.1, -0.05) is 0 Å². The van der Waals surface area contributed by atoms with Crippen LogP contribution in [0.15, 0.2) is 23.1 Å². The van der Waals surface area contributed by atoms with Gasteiger partial charge in [0.15, 0.2) is 6.61 Å². The summed E-state index contributed by atoms with van der Waals surface area (Å²) >= 11 is 0. The van der Waals surface area contributed by atoms with Crippen molar-refractivity contribution in [1.82, 2.24) is 14.9 Å². The molecule has 0 aliphatic rings. The number of methoxy groups -OCH3 is 1. The predicted molar refractivity (Wildman–Crippen MR) is 114 cm³/mol. The quantitative estimate of drug-likeness (QED) is 0.527. The Morgan fingerprint density at radius 2 is 1.77 bits per heavy atom. The van der Waals surface area contributed by atoms with E-state index in [-0.39, 0.29) is 34.7 Å². The Labute approximate surface area is 183 Å². The van der Waals surface area contributed by atoms with E-state index >= 15 is 0 Å². The lowest BCUT2D eigenvalue weighted by molar-refractivity contribution is -0.137. The van der Waals surface area contributed by atoms with E-state index < -0.39 is 34.0 Å². The summed E-state index contributed by atoms with van der Waals surface area (Å²) in [6.45, 7) is 7.96. The Hall–Kier alpha value is -2.66. The third-order valence-electron chi connectivity index (χ3n) is 3.73. The summed E-state index contributed by atoms with van der Waals surface area (Å²) in [5.74, 6) is -1.76. The highest BCUT2D eigenvalue weighted by Gasteiger charge is 2.24. The molecule has 0 spiro atoms. The maximum atomic E-state index is 12.5. The monoisotopic (exact) mass is 457 g/mol. The maximum absolute atomic E-state index is 12.5. The van der Waals surface area contributed by atoms with E-state index in [0.717, 1.165) is 11.0 Å². The molecule has 11 heteroatoms. The average Bonchev–Trinajstić information content (AvgIpc) is 2.62. The van der Waals surface area contributed by atoms with E-state index in [1.807, 2.05) is 20.8 Å². The fourth-order valence-corrected chi connectivity index (χ4v) is 3.92. The lowest BCUT2D eigenvalue weighted by atomic mass is 10.1. The number of benzene rings is 1. The summed E-state index contributed by atoms with van der Waals surface area (Å²) in [6.07, 6.45) is 0. The molecule has 1 rings (SSSR count). The third-order valence-corrected chi connectivity index (χ3v) is 5.41. The topological polar surface area (TPSA) is 131 Å². The molecule has 0 saturated heterocycles. The van der Waals surface area contributed by atoms with Crippen LogP contribution in [0.25, 0.3) is 0 Å². The largest absolute Gasteiger partial charge is 0.495 e. The van der Waals surface area contributed by atoms with Gasteiger partial charge in [-0.25, -0.2) is 17.9 Å². The minimum absolute atomic E-state index is 0.0605. The van der Waals surface area contributed by atoms with Crippen LogP contribution in [0.4, 0.5) is 0 Å². The lowest BCUT2D eigenvalue weighted by Gasteiger charge is -2.23. The van der Waals surface area contributed by atoms with Crippen LogP contribution < -0.4 is 14.8 Å². The Morgan fingerprint density at radius 3 is 2.29 bits per heavy atom. The van der Waals surface area contributed by atoms with Crippen LogP contribution in [0.3, 0.4) is 0 Å². The van der Waals surface area contributed by atoms with Gasteiger partial charge in [0.1, 0.15) is 10.6 Å². The molecule has 0 atom stereocenters. The first-order valence-electron chi connectivity index (χ1n) is 9.58. The summed E-state index contributed by atoms with van der Waals surface area (Å²) < 4.78 is 37.5. The third kappa shape index (κ3) is 8.54. The van der Waals surface area contributed by atoms with Gasteiger partial charge >= 0.3 is 5.97 Å². The Balaban J connectivity index is 2.85. The number of sulfonamides is 1. The van der Waals surface area contributed by atoms with Crippen molar-refractivity contribution < 1.29 is 32.3 Å². The minimum Gasteiger partial charge on any atom is -0.495 e. The highest BCUT2D eigenvalue weighted by atomic mass is 32.2. The van der Waals surface area contributed by atoms with Gasteiger partial charge in [0, 0.05) is 18.6 Å².